The largest absolute Gasteiger partial charge is 0.481 e. The lowest BCUT2D eigenvalue weighted by Crippen LogP contribution is -2.12. The molecule has 0 aliphatic heterocycles. The van der Waals surface area contributed by atoms with Crippen LogP contribution in [0.2, 0.25) is 5.02 Å². The van der Waals surface area contributed by atoms with Crippen LogP contribution in [0.15, 0.2) is 43.5 Å². The molecule has 1 aromatic heterocycles. The molecule has 0 radical (unpaired) electrons. The molecule has 7 heteroatoms. The van der Waals surface area contributed by atoms with Crippen LogP contribution in [0, 0.1) is 19.8 Å². The first-order valence-electron chi connectivity index (χ1n) is 12.3. The van der Waals surface area contributed by atoms with E-state index in [0.29, 0.717) is 28.6 Å². The minimum absolute atomic E-state index is 0.136. The number of hydrogen-bond donors (Lipinski definition) is 3. The number of halogens is 1. The van der Waals surface area contributed by atoms with Gasteiger partial charge >= 0.3 is 5.97 Å². The van der Waals surface area contributed by atoms with Crippen molar-refractivity contribution in [2.24, 2.45) is 5.92 Å². The molecule has 202 valence electrons. The van der Waals surface area contributed by atoms with Gasteiger partial charge in [-0.1, -0.05) is 44.0 Å². The molecule has 0 aliphatic rings. The smallest absolute Gasteiger partial charge is 0.307 e. The van der Waals surface area contributed by atoms with Gasteiger partial charge in [-0.05, 0) is 81.0 Å². The van der Waals surface area contributed by atoms with E-state index in [1.54, 1.807) is 20.8 Å². The van der Waals surface area contributed by atoms with Crippen LogP contribution in [0.3, 0.4) is 0 Å². The molecule has 3 N–H and O–H groups in total. The summed E-state index contributed by atoms with van der Waals surface area (Å²) in [6, 6.07) is 9.53. The van der Waals surface area contributed by atoms with E-state index < -0.39 is 11.6 Å². The van der Waals surface area contributed by atoms with E-state index in [1.165, 1.54) is 0 Å². The lowest BCUT2D eigenvalue weighted by molar-refractivity contribution is -0.136. The van der Waals surface area contributed by atoms with Gasteiger partial charge in [-0.15, -0.1) is 13.2 Å². The number of carbonyl (C=O) groups excluding carboxylic acids is 1. The molecule has 2 aromatic carbocycles. The molecule has 3 rings (SSSR count). The van der Waals surface area contributed by atoms with Gasteiger partial charge in [-0.3, -0.25) is 9.59 Å². The van der Waals surface area contributed by atoms with Gasteiger partial charge < -0.3 is 20.1 Å². The Balaban J connectivity index is 0.000000874. The second-order valence-corrected chi connectivity index (χ2v) is 10.5. The number of rotatable bonds is 8. The fourth-order valence-electron chi connectivity index (χ4n) is 4.05. The molecule has 0 unspecified atom stereocenters. The predicted octanol–water partition coefficient (Wildman–Crippen LogP) is 7.40. The number of aliphatic hydroxyl groups is 1. The van der Waals surface area contributed by atoms with Crippen molar-refractivity contribution in [2.75, 3.05) is 5.32 Å². The molecule has 6 nitrogen and oxygen atoms in total. The van der Waals surface area contributed by atoms with E-state index in [9.17, 15) is 14.7 Å². The van der Waals surface area contributed by atoms with Gasteiger partial charge in [0.1, 0.15) is 0 Å². The normalized spacial score (nSPS) is 11.6. The number of carboxylic acids is 1. The molecule has 1 atom stereocenters. The SMILES string of the molecule is C=C.CC(C)(C)O.CC[C@@H](C)Cn1c(C)cc2c(-c3ccc(Cl)cc3)c(CC(=O)O)c(C)c(NC=O)c21. The van der Waals surface area contributed by atoms with Crippen molar-refractivity contribution in [1.29, 1.82) is 0 Å². The number of aryl methyl sites for hydroxylation is 1. The van der Waals surface area contributed by atoms with Crippen LogP contribution in [0.1, 0.15) is 57.9 Å². The zero-order chi connectivity index (χ0) is 28.5. The van der Waals surface area contributed by atoms with Crippen LogP contribution in [0.5, 0.6) is 0 Å². The van der Waals surface area contributed by atoms with Gasteiger partial charge in [-0.2, -0.15) is 0 Å². The highest BCUT2D eigenvalue weighted by atomic mass is 35.5. The van der Waals surface area contributed by atoms with Crippen molar-refractivity contribution in [1.82, 2.24) is 4.57 Å². The Kier molecular flexibility index (Phi) is 12.1. The summed E-state index contributed by atoms with van der Waals surface area (Å²) in [6.45, 7) is 20.3. The van der Waals surface area contributed by atoms with E-state index in [2.05, 4.69) is 43.0 Å². The zero-order valence-corrected chi connectivity index (χ0v) is 23.9. The number of fused-ring (bicyclic) bond motifs is 1. The number of aromatic nitrogens is 1. The lowest BCUT2D eigenvalue weighted by Gasteiger charge is -2.21. The van der Waals surface area contributed by atoms with E-state index in [4.69, 9.17) is 16.7 Å². The summed E-state index contributed by atoms with van der Waals surface area (Å²) in [6.07, 6.45) is 1.56. The molecule has 1 heterocycles. The van der Waals surface area contributed by atoms with Crippen molar-refractivity contribution in [2.45, 2.75) is 73.5 Å². The summed E-state index contributed by atoms with van der Waals surface area (Å²) < 4.78 is 2.23. The summed E-state index contributed by atoms with van der Waals surface area (Å²) in [5, 5.41) is 22.5. The average Bonchev–Trinajstić information content (AvgIpc) is 3.12. The zero-order valence-electron chi connectivity index (χ0n) is 23.1. The Bertz CT molecular complexity index is 1200. The molecule has 0 bridgehead atoms. The fraction of sp³-hybridized carbons (Fsp3) is 0.400. The summed E-state index contributed by atoms with van der Waals surface area (Å²) in [5.41, 5.74) is 5.42. The number of hydrogen-bond acceptors (Lipinski definition) is 3. The fourth-order valence-corrected chi connectivity index (χ4v) is 4.17. The minimum atomic E-state index is -0.916. The van der Waals surface area contributed by atoms with Crippen LogP contribution in [0.25, 0.3) is 22.0 Å². The molecule has 0 saturated carbocycles. The molecule has 0 spiro atoms. The second kappa shape index (κ2) is 14.0. The molecule has 37 heavy (non-hydrogen) atoms. The van der Waals surface area contributed by atoms with Gasteiger partial charge in [0, 0.05) is 22.6 Å². The summed E-state index contributed by atoms with van der Waals surface area (Å²) in [5.74, 6) is -0.457. The first-order valence-corrected chi connectivity index (χ1v) is 12.7. The Morgan fingerprint density at radius 1 is 1.19 bits per heavy atom. The number of carbonyl (C=O) groups is 2. The highest BCUT2D eigenvalue weighted by Gasteiger charge is 2.24. The standard InChI is InChI=1S/C24H27ClN2O3.C4H10O.C2H4/c1-5-14(2)12-27-15(3)10-20-22(17-6-8-18(25)9-7-17)19(11-21(29)30)16(4)23(24(20)27)26-13-28;1-4(2,3)5;1-2/h6-10,13-14H,5,11-12H2,1-4H3,(H,26,28)(H,29,30);5H,1-3H3;1-2H2/t14-;;/m1../s1. The summed E-state index contributed by atoms with van der Waals surface area (Å²) >= 11 is 6.09. The van der Waals surface area contributed by atoms with Gasteiger partial charge in [0.25, 0.3) is 0 Å². The van der Waals surface area contributed by atoms with Gasteiger partial charge in [-0.25, -0.2) is 0 Å². The van der Waals surface area contributed by atoms with Crippen LogP contribution >= 0.6 is 11.6 Å². The van der Waals surface area contributed by atoms with E-state index in [1.807, 2.05) is 38.1 Å². The van der Waals surface area contributed by atoms with Crippen molar-refractivity contribution in [3.8, 4) is 11.1 Å². The highest BCUT2D eigenvalue weighted by molar-refractivity contribution is 6.30. The number of nitrogens with zero attached hydrogens (tertiary/aromatic N) is 1. The molecule has 1 amide bonds. The molecular weight excluding hydrogens is 488 g/mol. The Morgan fingerprint density at radius 2 is 1.73 bits per heavy atom. The van der Waals surface area contributed by atoms with E-state index in [0.717, 1.165) is 46.3 Å². The number of carboxylic acid groups (broad SMARTS) is 1. The third-order valence-electron chi connectivity index (χ3n) is 5.79. The second-order valence-electron chi connectivity index (χ2n) is 10.0. The topological polar surface area (TPSA) is 91.6 Å². The highest BCUT2D eigenvalue weighted by Crippen LogP contribution is 2.42. The molecular formula is C30H41ClN2O4. The van der Waals surface area contributed by atoms with E-state index >= 15 is 0 Å². The first kappa shape index (κ1) is 31.9. The molecule has 3 aromatic rings. The maximum atomic E-state index is 11.7. The van der Waals surface area contributed by atoms with E-state index in [-0.39, 0.29) is 6.42 Å². The first-order chi connectivity index (χ1) is 17.3. The minimum Gasteiger partial charge on any atom is -0.481 e. The Morgan fingerprint density at radius 3 is 2.19 bits per heavy atom. The van der Waals surface area contributed by atoms with Crippen LogP contribution in [0.4, 0.5) is 5.69 Å². The van der Waals surface area contributed by atoms with Crippen LogP contribution < -0.4 is 5.32 Å². The van der Waals surface area contributed by atoms with Crippen LogP contribution in [-0.4, -0.2) is 32.8 Å². The quantitative estimate of drug-likeness (QED) is 0.210. The average molecular weight is 529 g/mol. The number of amides is 1. The molecule has 0 saturated heterocycles. The van der Waals surface area contributed by atoms with Crippen molar-refractivity contribution in [3.63, 3.8) is 0 Å². The van der Waals surface area contributed by atoms with Crippen molar-refractivity contribution in [3.05, 3.63) is 65.3 Å². The number of nitrogens with one attached hydrogen (secondary N) is 1. The Hall–Kier alpha value is -3.09. The summed E-state index contributed by atoms with van der Waals surface area (Å²) in [4.78, 5) is 23.1. The maximum Gasteiger partial charge on any atom is 0.307 e. The predicted molar refractivity (Wildman–Crippen MR) is 156 cm³/mol. The third kappa shape index (κ3) is 8.76. The number of aliphatic carboxylic acids is 1. The molecule has 0 aliphatic carbocycles. The lowest BCUT2D eigenvalue weighted by atomic mass is 9.89. The van der Waals surface area contributed by atoms with Crippen LogP contribution in [-0.2, 0) is 22.6 Å². The van der Waals surface area contributed by atoms with Crippen molar-refractivity contribution >= 4 is 40.6 Å². The van der Waals surface area contributed by atoms with Gasteiger partial charge in [0.15, 0.2) is 0 Å². The Labute approximate surface area is 226 Å². The van der Waals surface area contributed by atoms with Gasteiger partial charge in [0.2, 0.25) is 6.41 Å². The monoisotopic (exact) mass is 528 g/mol. The van der Waals surface area contributed by atoms with Crippen molar-refractivity contribution < 1.29 is 19.8 Å². The third-order valence-corrected chi connectivity index (χ3v) is 6.05. The van der Waals surface area contributed by atoms with Gasteiger partial charge in [0.05, 0.1) is 23.2 Å². The maximum absolute atomic E-state index is 11.7. The number of anilines is 1. The number of benzene rings is 2. The summed E-state index contributed by atoms with van der Waals surface area (Å²) in [7, 11) is 0. The molecule has 0 fully saturated rings.